The summed E-state index contributed by atoms with van der Waals surface area (Å²) in [6, 6.07) is 18.5. The van der Waals surface area contributed by atoms with Crippen molar-refractivity contribution >= 4 is 17.6 Å². The molecular formula is C21H24N6. The van der Waals surface area contributed by atoms with Crippen LogP contribution in [-0.4, -0.2) is 47.7 Å². The van der Waals surface area contributed by atoms with Crippen molar-refractivity contribution in [2.75, 3.05) is 47.8 Å². The van der Waals surface area contributed by atoms with Gasteiger partial charge in [-0.1, -0.05) is 36.4 Å². The van der Waals surface area contributed by atoms with Crippen LogP contribution in [0, 0.1) is 0 Å². The second-order valence-electron chi connectivity index (χ2n) is 6.56. The Balaban J connectivity index is 1.31. The first kappa shape index (κ1) is 17.3. The third kappa shape index (κ3) is 4.53. The van der Waals surface area contributed by atoms with Crippen LogP contribution >= 0.6 is 0 Å². The van der Waals surface area contributed by atoms with Crippen LogP contribution in [-0.2, 0) is 6.42 Å². The van der Waals surface area contributed by atoms with Crippen molar-refractivity contribution in [1.82, 2.24) is 15.0 Å². The molecule has 0 atom stereocenters. The summed E-state index contributed by atoms with van der Waals surface area (Å²) in [5.74, 6) is 2.71. The minimum Gasteiger partial charge on any atom is -0.354 e. The average molecular weight is 360 g/mol. The van der Waals surface area contributed by atoms with E-state index in [0.717, 1.165) is 50.8 Å². The molecule has 6 heteroatoms. The Kier molecular flexibility index (Phi) is 5.43. The van der Waals surface area contributed by atoms with Gasteiger partial charge < -0.3 is 15.1 Å². The summed E-state index contributed by atoms with van der Waals surface area (Å²) in [7, 11) is 0. The lowest BCUT2D eigenvalue weighted by Crippen LogP contribution is -2.47. The van der Waals surface area contributed by atoms with Crippen LogP contribution in [0.25, 0.3) is 0 Å². The standard InChI is InChI=1S/C21H24N6/c1-2-6-18(7-3-1)9-12-23-21-24-13-10-20(25-21)27-16-14-26(15-17-27)19-8-4-5-11-22-19/h1-8,10-11,13H,9,12,14-17H2,(H,23,24,25). The van der Waals surface area contributed by atoms with Gasteiger partial charge in [-0.2, -0.15) is 4.98 Å². The second kappa shape index (κ2) is 8.49. The Morgan fingerprint density at radius 1 is 0.741 bits per heavy atom. The number of anilines is 3. The van der Waals surface area contributed by atoms with E-state index in [1.54, 1.807) is 0 Å². The van der Waals surface area contributed by atoms with E-state index in [9.17, 15) is 0 Å². The topological polar surface area (TPSA) is 57.2 Å². The van der Waals surface area contributed by atoms with Gasteiger partial charge in [0.1, 0.15) is 11.6 Å². The molecule has 0 saturated carbocycles. The number of hydrogen-bond acceptors (Lipinski definition) is 6. The highest BCUT2D eigenvalue weighted by Crippen LogP contribution is 2.18. The number of rotatable bonds is 6. The largest absolute Gasteiger partial charge is 0.354 e. The van der Waals surface area contributed by atoms with E-state index in [0.29, 0.717) is 5.95 Å². The smallest absolute Gasteiger partial charge is 0.224 e. The Morgan fingerprint density at radius 3 is 2.22 bits per heavy atom. The molecule has 1 N–H and O–H groups in total. The molecule has 0 unspecified atom stereocenters. The zero-order valence-electron chi connectivity index (χ0n) is 15.3. The molecule has 3 heterocycles. The van der Waals surface area contributed by atoms with E-state index >= 15 is 0 Å². The molecule has 1 aliphatic rings. The molecule has 1 fully saturated rings. The van der Waals surface area contributed by atoms with Crippen LogP contribution in [0.15, 0.2) is 67.0 Å². The molecule has 0 radical (unpaired) electrons. The van der Waals surface area contributed by atoms with Crippen LogP contribution in [0.1, 0.15) is 5.56 Å². The quantitative estimate of drug-likeness (QED) is 0.729. The minimum absolute atomic E-state index is 0.690. The fraction of sp³-hybridized carbons (Fsp3) is 0.286. The van der Waals surface area contributed by atoms with Gasteiger partial charge in [0, 0.05) is 45.1 Å². The van der Waals surface area contributed by atoms with Crippen molar-refractivity contribution in [1.29, 1.82) is 0 Å². The molecular weight excluding hydrogens is 336 g/mol. The van der Waals surface area contributed by atoms with Crippen molar-refractivity contribution in [3.63, 3.8) is 0 Å². The molecule has 0 bridgehead atoms. The zero-order valence-corrected chi connectivity index (χ0v) is 15.3. The van der Waals surface area contributed by atoms with E-state index in [1.807, 2.05) is 36.7 Å². The molecule has 138 valence electrons. The normalized spacial score (nSPS) is 14.2. The number of piperazine rings is 1. The molecule has 0 spiro atoms. The van der Waals surface area contributed by atoms with Crippen molar-refractivity contribution in [2.45, 2.75) is 6.42 Å². The average Bonchev–Trinajstić information content (AvgIpc) is 2.76. The summed E-state index contributed by atoms with van der Waals surface area (Å²) < 4.78 is 0. The number of nitrogens with one attached hydrogen (secondary N) is 1. The molecule has 1 aliphatic heterocycles. The van der Waals surface area contributed by atoms with Crippen LogP contribution in [0.5, 0.6) is 0 Å². The maximum absolute atomic E-state index is 4.69. The molecule has 3 aromatic rings. The maximum atomic E-state index is 4.69. The first-order valence-electron chi connectivity index (χ1n) is 9.40. The van der Waals surface area contributed by atoms with Gasteiger partial charge in [-0.25, -0.2) is 9.97 Å². The summed E-state index contributed by atoms with van der Waals surface area (Å²) >= 11 is 0. The SMILES string of the molecule is c1ccc(CCNc2nccc(N3CCN(c4ccccn4)CC3)n2)cc1. The minimum atomic E-state index is 0.690. The highest BCUT2D eigenvalue weighted by atomic mass is 15.3. The Labute approximate surface area is 159 Å². The first-order valence-corrected chi connectivity index (χ1v) is 9.40. The van der Waals surface area contributed by atoms with Crippen molar-refractivity contribution in [3.8, 4) is 0 Å². The summed E-state index contributed by atoms with van der Waals surface area (Å²) in [5.41, 5.74) is 1.31. The Bertz CT molecular complexity index is 832. The van der Waals surface area contributed by atoms with Crippen LogP contribution in [0.4, 0.5) is 17.6 Å². The predicted molar refractivity (Wildman–Crippen MR) is 109 cm³/mol. The van der Waals surface area contributed by atoms with Crippen LogP contribution < -0.4 is 15.1 Å². The lowest BCUT2D eigenvalue weighted by molar-refractivity contribution is 0.641. The molecule has 6 nitrogen and oxygen atoms in total. The van der Waals surface area contributed by atoms with E-state index in [1.165, 1.54) is 5.56 Å². The number of nitrogens with zero attached hydrogens (tertiary/aromatic N) is 5. The monoisotopic (exact) mass is 360 g/mol. The zero-order chi connectivity index (χ0) is 18.3. The van der Waals surface area contributed by atoms with Crippen molar-refractivity contribution < 1.29 is 0 Å². The molecule has 0 aliphatic carbocycles. The summed E-state index contributed by atoms with van der Waals surface area (Å²) in [6.07, 6.45) is 4.63. The Morgan fingerprint density at radius 2 is 1.48 bits per heavy atom. The van der Waals surface area contributed by atoms with Crippen molar-refractivity contribution in [3.05, 3.63) is 72.6 Å². The number of benzene rings is 1. The van der Waals surface area contributed by atoms with Gasteiger partial charge in [0.15, 0.2) is 0 Å². The highest BCUT2D eigenvalue weighted by molar-refractivity contribution is 5.46. The lowest BCUT2D eigenvalue weighted by Gasteiger charge is -2.36. The van der Waals surface area contributed by atoms with E-state index in [2.05, 4.69) is 55.4 Å². The summed E-state index contributed by atoms with van der Waals surface area (Å²) in [4.78, 5) is 18.1. The molecule has 4 rings (SSSR count). The molecule has 1 saturated heterocycles. The fourth-order valence-corrected chi connectivity index (χ4v) is 3.28. The van der Waals surface area contributed by atoms with Crippen molar-refractivity contribution in [2.24, 2.45) is 0 Å². The predicted octanol–water partition coefficient (Wildman–Crippen LogP) is 2.85. The first-order chi connectivity index (χ1) is 13.4. The fourth-order valence-electron chi connectivity index (χ4n) is 3.28. The second-order valence-corrected chi connectivity index (χ2v) is 6.56. The number of aromatic nitrogens is 3. The van der Waals surface area contributed by atoms with E-state index in [-0.39, 0.29) is 0 Å². The van der Waals surface area contributed by atoms with Gasteiger partial charge in [0.25, 0.3) is 0 Å². The van der Waals surface area contributed by atoms with Gasteiger partial charge in [-0.3, -0.25) is 0 Å². The molecule has 0 amide bonds. The van der Waals surface area contributed by atoms with E-state index in [4.69, 9.17) is 4.98 Å². The van der Waals surface area contributed by atoms with Crippen LogP contribution in [0.3, 0.4) is 0 Å². The van der Waals surface area contributed by atoms with Gasteiger partial charge in [-0.05, 0) is 30.2 Å². The van der Waals surface area contributed by atoms with E-state index < -0.39 is 0 Å². The lowest BCUT2D eigenvalue weighted by atomic mass is 10.1. The van der Waals surface area contributed by atoms with Crippen LogP contribution in [0.2, 0.25) is 0 Å². The number of hydrogen-bond donors (Lipinski definition) is 1. The van der Waals surface area contributed by atoms with Gasteiger partial charge >= 0.3 is 0 Å². The summed E-state index contributed by atoms with van der Waals surface area (Å²) in [5, 5.41) is 3.34. The van der Waals surface area contributed by atoms with Gasteiger partial charge in [0.2, 0.25) is 5.95 Å². The third-order valence-corrected chi connectivity index (χ3v) is 4.76. The molecule has 1 aromatic carbocycles. The highest BCUT2D eigenvalue weighted by Gasteiger charge is 2.19. The van der Waals surface area contributed by atoms with Gasteiger partial charge in [-0.15, -0.1) is 0 Å². The molecule has 2 aromatic heterocycles. The third-order valence-electron chi connectivity index (χ3n) is 4.76. The maximum Gasteiger partial charge on any atom is 0.224 e. The van der Waals surface area contributed by atoms with Gasteiger partial charge in [0.05, 0.1) is 0 Å². The number of pyridine rings is 1. The summed E-state index contributed by atoms with van der Waals surface area (Å²) in [6.45, 7) is 4.56. The Hall–Kier alpha value is -3.15. The molecule has 27 heavy (non-hydrogen) atoms.